The number of Topliss-reactive ketones (excluding diaryl/α,β-unsaturated/α-hetero) is 2. The zero-order valence-corrected chi connectivity index (χ0v) is 14.6. The highest BCUT2D eigenvalue weighted by molar-refractivity contribution is 6.01. The number of carbonyl (C=O) groups is 3. The predicted octanol–water partition coefficient (Wildman–Crippen LogP) is 2.55. The maximum Gasteiger partial charge on any atom is 0.228 e. The van der Waals surface area contributed by atoms with Crippen molar-refractivity contribution < 1.29 is 19.1 Å². The molecular formula is C16H28N4O4. The maximum absolute atomic E-state index is 11.9. The summed E-state index contributed by atoms with van der Waals surface area (Å²) in [5, 5.41) is 3.32. The minimum atomic E-state index is -0.717. The molecule has 0 aromatic rings. The second kappa shape index (κ2) is 13.5. The van der Waals surface area contributed by atoms with Crippen molar-refractivity contribution in [3.63, 3.8) is 0 Å². The van der Waals surface area contributed by atoms with Gasteiger partial charge in [-0.2, -0.15) is 0 Å². The van der Waals surface area contributed by atoms with Crippen molar-refractivity contribution in [2.24, 2.45) is 22.7 Å². The van der Waals surface area contributed by atoms with Crippen molar-refractivity contribution in [2.45, 2.75) is 52.4 Å². The summed E-state index contributed by atoms with van der Waals surface area (Å²) in [6, 6.07) is 0. The average molecular weight is 340 g/mol. The van der Waals surface area contributed by atoms with Crippen LogP contribution in [0, 0.1) is 11.8 Å². The van der Waals surface area contributed by atoms with Crippen LogP contribution in [0.2, 0.25) is 0 Å². The summed E-state index contributed by atoms with van der Waals surface area (Å²) in [4.78, 5) is 37.5. The zero-order chi connectivity index (χ0) is 18.4. The van der Waals surface area contributed by atoms with Crippen LogP contribution in [0.3, 0.4) is 0 Å². The van der Waals surface area contributed by atoms with Gasteiger partial charge in [0, 0.05) is 30.2 Å². The molecule has 1 amide bonds. The van der Waals surface area contributed by atoms with E-state index in [0.29, 0.717) is 38.9 Å². The standard InChI is InChI=1S/C16H28N4O4/c1-12(2)15(22)14(16(17)23)7-5-3-4-6-13(21)8-10-24-11-9-19-20-18/h12,14H,3-11H2,1-2H3,(H2,17,23). The van der Waals surface area contributed by atoms with E-state index in [1.807, 2.05) is 0 Å². The molecule has 1 atom stereocenters. The summed E-state index contributed by atoms with van der Waals surface area (Å²) < 4.78 is 5.17. The first-order valence-corrected chi connectivity index (χ1v) is 8.33. The molecule has 0 aromatic carbocycles. The number of carbonyl (C=O) groups excluding carboxylic acids is 3. The highest BCUT2D eigenvalue weighted by Crippen LogP contribution is 2.16. The highest BCUT2D eigenvalue weighted by Gasteiger charge is 2.25. The molecule has 0 saturated heterocycles. The molecule has 0 bridgehead atoms. The summed E-state index contributed by atoms with van der Waals surface area (Å²) in [6.45, 7) is 4.42. The van der Waals surface area contributed by atoms with Gasteiger partial charge in [-0.25, -0.2) is 0 Å². The molecule has 8 nitrogen and oxygen atoms in total. The summed E-state index contributed by atoms with van der Waals surface area (Å²) in [6.07, 6.45) is 3.44. The van der Waals surface area contributed by atoms with Crippen LogP contribution in [0.25, 0.3) is 10.4 Å². The van der Waals surface area contributed by atoms with E-state index in [0.717, 1.165) is 12.8 Å². The summed E-state index contributed by atoms with van der Waals surface area (Å²) >= 11 is 0. The molecule has 0 aromatic heterocycles. The molecule has 24 heavy (non-hydrogen) atoms. The van der Waals surface area contributed by atoms with Crippen molar-refractivity contribution >= 4 is 17.5 Å². The average Bonchev–Trinajstić information content (AvgIpc) is 2.53. The number of rotatable bonds is 15. The third kappa shape index (κ3) is 10.7. The van der Waals surface area contributed by atoms with E-state index in [1.165, 1.54) is 0 Å². The molecular weight excluding hydrogens is 312 g/mol. The zero-order valence-electron chi connectivity index (χ0n) is 14.6. The van der Waals surface area contributed by atoms with Crippen LogP contribution in [0.5, 0.6) is 0 Å². The lowest BCUT2D eigenvalue weighted by Crippen LogP contribution is -2.32. The molecule has 0 fully saturated rings. The van der Waals surface area contributed by atoms with Gasteiger partial charge in [0.05, 0.1) is 19.1 Å². The molecule has 0 saturated carbocycles. The first kappa shape index (κ1) is 22.1. The van der Waals surface area contributed by atoms with Gasteiger partial charge >= 0.3 is 0 Å². The Balaban J connectivity index is 3.76. The molecule has 0 aliphatic rings. The normalized spacial score (nSPS) is 11.8. The monoisotopic (exact) mass is 340 g/mol. The SMILES string of the molecule is CC(C)C(=O)C(CCCCCC(=O)CCOCCN=[N+]=[N-])C(N)=O. The van der Waals surface area contributed by atoms with E-state index < -0.39 is 11.8 Å². The van der Waals surface area contributed by atoms with Crippen molar-refractivity contribution in [1.29, 1.82) is 0 Å². The quantitative estimate of drug-likeness (QED) is 0.161. The van der Waals surface area contributed by atoms with E-state index in [9.17, 15) is 14.4 Å². The van der Waals surface area contributed by atoms with Crippen molar-refractivity contribution in [2.75, 3.05) is 19.8 Å². The molecule has 0 aliphatic heterocycles. The number of unbranched alkanes of at least 4 members (excludes halogenated alkanes) is 2. The van der Waals surface area contributed by atoms with Crippen molar-refractivity contribution in [3.8, 4) is 0 Å². The van der Waals surface area contributed by atoms with Gasteiger partial charge in [0.15, 0.2) is 0 Å². The lowest BCUT2D eigenvalue weighted by atomic mass is 9.90. The Morgan fingerprint density at radius 2 is 1.83 bits per heavy atom. The van der Waals surface area contributed by atoms with Crippen molar-refractivity contribution in [1.82, 2.24) is 0 Å². The van der Waals surface area contributed by atoms with Crippen LogP contribution in [0.1, 0.15) is 52.4 Å². The Labute approximate surface area is 142 Å². The number of nitrogens with two attached hydrogens (primary N) is 1. The Morgan fingerprint density at radius 3 is 2.42 bits per heavy atom. The number of ketones is 2. The first-order valence-electron chi connectivity index (χ1n) is 8.33. The highest BCUT2D eigenvalue weighted by atomic mass is 16.5. The number of azide groups is 1. The van der Waals surface area contributed by atoms with E-state index >= 15 is 0 Å². The lowest BCUT2D eigenvalue weighted by molar-refractivity contribution is -0.134. The van der Waals surface area contributed by atoms with E-state index in [2.05, 4.69) is 10.0 Å². The lowest BCUT2D eigenvalue weighted by Gasteiger charge is -2.14. The molecule has 0 rings (SSSR count). The van der Waals surface area contributed by atoms with Gasteiger partial charge < -0.3 is 10.5 Å². The molecule has 136 valence electrons. The summed E-state index contributed by atoms with van der Waals surface area (Å²) in [5.41, 5.74) is 13.4. The smallest absolute Gasteiger partial charge is 0.228 e. The summed E-state index contributed by atoms with van der Waals surface area (Å²) in [7, 11) is 0. The topological polar surface area (TPSA) is 135 Å². The molecule has 0 aliphatic carbocycles. The van der Waals surface area contributed by atoms with Gasteiger partial charge in [-0.05, 0) is 18.4 Å². The van der Waals surface area contributed by atoms with Gasteiger partial charge in [0.1, 0.15) is 11.6 Å². The van der Waals surface area contributed by atoms with Crippen molar-refractivity contribution in [3.05, 3.63) is 10.4 Å². The minimum Gasteiger partial charge on any atom is -0.381 e. The first-order chi connectivity index (χ1) is 11.4. The van der Waals surface area contributed by atoms with Gasteiger partial charge in [-0.3, -0.25) is 14.4 Å². The number of hydrogen-bond donors (Lipinski definition) is 1. The number of nitrogens with zero attached hydrogens (tertiary/aromatic N) is 3. The Kier molecular flexibility index (Phi) is 12.4. The molecule has 0 radical (unpaired) electrons. The van der Waals surface area contributed by atoms with Crippen LogP contribution >= 0.6 is 0 Å². The predicted molar refractivity (Wildman–Crippen MR) is 90.1 cm³/mol. The maximum atomic E-state index is 11.9. The second-order valence-electron chi connectivity index (χ2n) is 5.97. The number of hydrogen-bond acceptors (Lipinski definition) is 5. The molecule has 8 heteroatoms. The number of primary amides is 1. The van der Waals surface area contributed by atoms with Crippen LogP contribution < -0.4 is 5.73 Å². The fourth-order valence-electron chi connectivity index (χ4n) is 2.24. The van der Waals surface area contributed by atoms with Gasteiger partial charge in [0.2, 0.25) is 5.91 Å². The second-order valence-corrected chi connectivity index (χ2v) is 5.97. The van der Waals surface area contributed by atoms with E-state index in [4.69, 9.17) is 16.0 Å². The Morgan fingerprint density at radius 1 is 1.12 bits per heavy atom. The Hall–Kier alpha value is -1.92. The van der Waals surface area contributed by atoms with Crippen LogP contribution in [-0.2, 0) is 19.1 Å². The van der Waals surface area contributed by atoms with Crippen LogP contribution in [0.15, 0.2) is 5.11 Å². The van der Waals surface area contributed by atoms with Crippen LogP contribution in [-0.4, -0.2) is 37.2 Å². The van der Waals surface area contributed by atoms with E-state index in [-0.39, 0.29) is 24.0 Å². The Bertz CT molecular complexity index is 459. The van der Waals surface area contributed by atoms with Crippen LogP contribution in [0.4, 0.5) is 0 Å². The summed E-state index contributed by atoms with van der Waals surface area (Å²) in [5.74, 6) is -1.49. The number of ether oxygens (including phenoxy) is 1. The largest absolute Gasteiger partial charge is 0.381 e. The number of amides is 1. The molecule has 2 N–H and O–H groups in total. The molecule has 0 heterocycles. The third-order valence-corrected chi connectivity index (χ3v) is 3.63. The molecule has 0 spiro atoms. The molecule has 1 unspecified atom stereocenters. The minimum absolute atomic E-state index is 0.114. The fraction of sp³-hybridized carbons (Fsp3) is 0.812. The van der Waals surface area contributed by atoms with Gasteiger partial charge in [-0.15, -0.1) is 0 Å². The fourth-order valence-corrected chi connectivity index (χ4v) is 2.24. The van der Waals surface area contributed by atoms with Gasteiger partial charge in [-0.1, -0.05) is 31.8 Å². The third-order valence-electron chi connectivity index (χ3n) is 3.63. The van der Waals surface area contributed by atoms with Gasteiger partial charge in [0.25, 0.3) is 0 Å². The van der Waals surface area contributed by atoms with E-state index in [1.54, 1.807) is 13.8 Å².